The van der Waals surface area contributed by atoms with E-state index in [-0.39, 0.29) is 31.4 Å². The number of fused-ring (bicyclic) bond motifs is 3. The maximum absolute atomic E-state index is 14.5. The Morgan fingerprint density at radius 3 is 2.59 bits per heavy atom. The fourth-order valence-corrected chi connectivity index (χ4v) is 7.03. The summed E-state index contributed by atoms with van der Waals surface area (Å²) in [6.45, 7) is 13.4. The van der Waals surface area contributed by atoms with E-state index in [0.29, 0.717) is 30.8 Å². The molecule has 3 heterocycles. The lowest BCUT2D eigenvalue weighted by molar-refractivity contribution is -0.150. The molecule has 2 fully saturated rings. The first-order valence-electron chi connectivity index (χ1n) is 18.3. The number of esters is 1. The molecule has 3 aliphatic rings. The van der Waals surface area contributed by atoms with Crippen LogP contribution < -0.4 is 20.1 Å². The van der Waals surface area contributed by atoms with Crippen molar-refractivity contribution in [1.29, 1.82) is 0 Å². The SMILES string of the molecule is CCOC(=O)[C@@]12CC1/C=C\CCCCC[C@H](NC(=O)OC(C)(C)C)C(=O)N1C[C@H](Oc3cc(C(C)C)nc4c(C)c(OC)ccc34)C[C@H]1C(=O)N2. The lowest BCUT2D eigenvalue weighted by atomic mass is 10.0. The molecule has 12 nitrogen and oxygen atoms in total. The normalized spacial score (nSPS) is 26.3. The average Bonchev–Trinajstić information content (AvgIpc) is 3.59. The van der Waals surface area contributed by atoms with Crippen molar-refractivity contribution in [3.05, 3.63) is 41.6 Å². The number of nitrogens with zero attached hydrogens (tertiary/aromatic N) is 2. The van der Waals surface area contributed by atoms with Crippen LogP contribution in [0.25, 0.3) is 10.9 Å². The Balaban J connectivity index is 1.51. The number of allylic oxidation sites excluding steroid dienone is 1. The zero-order chi connectivity index (χ0) is 37.1. The number of aromatic nitrogens is 1. The van der Waals surface area contributed by atoms with Gasteiger partial charge < -0.3 is 34.5 Å². The smallest absolute Gasteiger partial charge is 0.408 e. The average molecular weight is 707 g/mol. The Morgan fingerprint density at radius 2 is 1.90 bits per heavy atom. The Labute approximate surface area is 301 Å². The predicted molar refractivity (Wildman–Crippen MR) is 193 cm³/mol. The second-order valence-corrected chi connectivity index (χ2v) is 15.2. The minimum Gasteiger partial charge on any atom is -0.496 e. The monoisotopic (exact) mass is 706 g/mol. The number of benzene rings is 1. The fraction of sp³-hybridized carbons (Fsp3) is 0.615. The molecular weight excluding hydrogens is 652 g/mol. The minimum absolute atomic E-state index is 0.0924. The van der Waals surface area contributed by atoms with Crippen LogP contribution in [0.3, 0.4) is 0 Å². The topological polar surface area (TPSA) is 145 Å². The molecule has 12 heteroatoms. The number of hydrogen-bond donors (Lipinski definition) is 2. The predicted octanol–water partition coefficient (Wildman–Crippen LogP) is 5.88. The van der Waals surface area contributed by atoms with Gasteiger partial charge in [0.1, 0.15) is 40.8 Å². The van der Waals surface area contributed by atoms with Crippen molar-refractivity contribution < 1.29 is 38.1 Å². The van der Waals surface area contributed by atoms with Gasteiger partial charge in [0.05, 0.1) is 25.8 Å². The Morgan fingerprint density at radius 1 is 1.14 bits per heavy atom. The van der Waals surface area contributed by atoms with Crippen molar-refractivity contribution in [2.75, 3.05) is 20.3 Å². The number of nitrogens with one attached hydrogen (secondary N) is 2. The molecule has 278 valence electrons. The molecule has 51 heavy (non-hydrogen) atoms. The summed E-state index contributed by atoms with van der Waals surface area (Å²) < 4.78 is 23.2. The van der Waals surface area contributed by atoms with E-state index in [1.54, 1.807) is 34.8 Å². The van der Waals surface area contributed by atoms with Crippen LogP contribution in [0.15, 0.2) is 30.4 Å². The molecular formula is C39H54N4O8. The molecule has 5 atom stereocenters. The van der Waals surface area contributed by atoms with Crippen LogP contribution in [0.4, 0.5) is 4.79 Å². The molecule has 3 amide bonds. The van der Waals surface area contributed by atoms with E-state index in [9.17, 15) is 19.2 Å². The Hall–Kier alpha value is -4.35. The van der Waals surface area contributed by atoms with Gasteiger partial charge in [-0.3, -0.25) is 14.6 Å². The van der Waals surface area contributed by atoms with Gasteiger partial charge in [0.2, 0.25) is 11.8 Å². The van der Waals surface area contributed by atoms with Crippen LogP contribution in [-0.4, -0.2) is 83.3 Å². The maximum Gasteiger partial charge on any atom is 0.408 e. The molecule has 2 N–H and O–H groups in total. The summed E-state index contributed by atoms with van der Waals surface area (Å²) in [6, 6.07) is 3.81. The molecule has 0 radical (unpaired) electrons. The van der Waals surface area contributed by atoms with Gasteiger partial charge in [-0.1, -0.05) is 38.8 Å². The summed E-state index contributed by atoms with van der Waals surface area (Å²) in [4.78, 5) is 61.5. The Bertz CT molecular complexity index is 1670. The first-order chi connectivity index (χ1) is 24.2. The van der Waals surface area contributed by atoms with Crippen molar-refractivity contribution in [2.45, 2.75) is 129 Å². The molecule has 0 bridgehead atoms. The van der Waals surface area contributed by atoms with Gasteiger partial charge >= 0.3 is 12.1 Å². The second-order valence-electron chi connectivity index (χ2n) is 15.2. The first kappa shape index (κ1) is 37.9. The summed E-state index contributed by atoms with van der Waals surface area (Å²) in [5, 5.41) is 6.59. The van der Waals surface area contributed by atoms with Gasteiger partial charge in [-0.25, -0.2) is 9.59 Å². The number of amides is 3. The van der Waals surface area contributed by atoms with E-state index in [2.05, 4.69) is 24.5 Å². The van der Waals surface area contributed by atoms with Crippen LogP contribution in [0.1, 0.15) is 104 Å². The third kappa shape index (κ3) is 8.59. The van der Waals surface area contributed by atoms with Crippen molar-refractivity contribution in [3.8, 4) is 11.5 Å². The maximum atomic E-state index is 14.5. The lowest BCUT2D eigenvalue weighted by Crippen LogP contribution is -2.56. The van der Waals surface area contributed by atoms with Gasteiger partial charge in [0.25, 0.3) is 0 Å². The van der Waals surface area contributed by atoms with E-state index < -0.39 is 53.2 Å². The van der Waals surface area contributed by atoms with Crippen LogP contribution in [0.5, 0.6) is 11.5 Å². The summed E-state index contributed by atoms with van der Waals surface area (Å²) in [5.41, 5.74) is 0.505. The molecule has 1 aliphatic carbocycles. The van der Waals surface area contributed by atoms with E-state index in [0.717, 1.165) is 41.4 Å². The number of alkyl carbamates (subject to hydrolysis) is 1. The highest BCUT2D eigenvalue weighted by molar-refractivity contribution is 5.97. The number of carbonyl (C=O) groups excluding carboxylic acids is 4. The highest BCUT2D eigenvalue weighted by Gasteiger charge is 2.62. The van der Waals surface area contributed by atoms with Crippen molar-refractivity contribution in [2.24, 2.45) is 5.92 Å². The summed E-state index contributed by atoms with van der Waals surface area (Å²) in [6.07, 6.45) is 6.92. The minimum atomic E-state index is -1.20. The van der Waals surface area contributed by atoms with E-state index in [1.807, 2.05) is 37.3 Å². The number of rotatable bonds is 7. The number of hydrogen-bond acceptors (Lipinski definition) is 9. The van der Waals surface area contributed by atoms with Gasteiger partial charge in [-0.2, -0.15) is 0 Å². The number of methoxy groups -OCH3 is 1. The molecule has 1 unspecified atom stereocenters. The van der Waals surface area contributed by atoms with Crippen molar-refractivity contribution >= 4 is 34.8 Å². The van der Waals surface area contributed by atoms with E-state index in [4.69, 9.17) is 23.9 Å². The van der Waals surface area contributed by atoms with Gasteiger partial charge in [-0.05, 0) is 78.4 Å². The first-order valence-corrected chi connectivity index (χ1v) is 18.3. The molecule has 2 aromatic rings. The number of carbonyl (C=O) groups is 4. The Kier molecular flexibility index (Phi) is 11.5. The zero-order valence-electron chi connectivity index (χ0n) is 31.3. The fourth-order valence-electron chi connectivity index (χ4n) is 7.03. The van der Waals surface area contributed by atoms with Gasteiger partial charge in [0, 0.05) is 35.0 Å². The van der Waals surface area contributed by atoms with Crippen LogP contribution in [0, 0.1) is 12.8 Å². The molecule has 1 aromatic carbocycles. The standard InChI is InChI=1S/C39H54N4O8/c1-9-49-36(46)39-21-25(39)15-13-11-10-12-14-16-28(41-37(47)51-38(5,6)7)35(45)43-22-26(19-30(43)34(44)42-39)50-32-20-29(23(2)3)40-33-24(4)31(48-8)18-17-27(32)33/h13,15,17-18,20,23,25-26,28,30H,9-12,14,16,19,21-22H2,1-8H3,(H,41,47)(H,42,44)/b15-13-/t25?,26-,28+,30+,39-/m1/s1. The molecule has 1 saturated carbocycles. The summed E-state index contributed by atoms with van der Waals surface area (Å²) in [5.74, 6) is -0.151. The van der Waals surface area contributed by atoms with Crippen LogP contribution in [0.2, 0.25) is 0 Å². The largest absolute Gasteiger partial charge is 0.496 e. The van der Waals surface area contributed by atoms with E-state index in [1.165, 1.54) is 4.90 Å². The van der Waals surface area contributed by atoms with E-state index >= 15 is 0 Å². The summed E-state index contributed by atoms with van der Waals surface area (Å²) >= 11 is 0. The highest BCUT2D eigenvalue weighted by Crippen LogP contribution is 2.46. The lowest BCUT2D eigenvalue weighted by Gasteiger charge is -2.30. The third-order valence-electron chi connectivity index (χ3n) is 9.84. The number of pyridine rings is 1. The molecule has 2 aliphatic heterocycles. The van der Waals surface area contributed by atoms with Crippen molar-refractivity contribution in [3.63, 3.8) is 0 Å². The molecule has 5 rings (SSSR count). The van der Waals surface area contributed by atoms with Gasteiger partial charge in [0.15, 0.2) is 0 Å². The second kappa shape index (κ2) is 15.5. The molecule has 1 aromatic heterocycles. The van der Waals surface area contributed by atoms with Crippen LogP contribution >= 0.6 is 0 Å². The quantitative estimate of drug-likeness (QED) is 0.267. The molecule has 0 spiro atoms. The number of aryl methyl sites for hydroxylation is 1. The summed E-state index contributed by atoms with van der Waals surface area (Å²) in [7, 11) is 1.62. The highest BCUT2D eigenvalue weighted by atomic mass is 16.6. The van der Waals surface area contributed by atoms with Crippen LogP contribution in [-0.2, 0) is 23.9 Å². The van der Waals surface area contributed by atoms with Gasteiger partial charge in [-0.15, -0.1) is 0 Å². The zero-order valence-corrected chi connectivity index (χ0v) is 31.3. The third-order valence-corrected chi connectivity index (χ3v) is 9.84. The van der Waals surface area contributed by atoms with Crippen molar-refractivity contribution in [1.82, 2.24) is 20.5 Å². The number of ether oxygens (including phenoxy) is 4. The molecule has 1 saturated heterocycles.